The first-order valence-electron chi connectivity index (χ1n) is 6.62. The molecule has 6 nitrogen and oxygen atoms in total. The number of urea groups is 1. The molecule has 0 saturated heterocycles. The van der Waals surface area contributed by atoms with Crippen molar-refractivity contribution in [2.24, 2.45) is 5.92 Å². The molecular weight excluding hydrogens is 266 g/mol. The predicted octanol–water partition coefficient (Wildman–Crippen LogP) is 1.00. The zero-order valence-corrected chi connectivity index (χ0v) is 13.4. The van der Waals surface area contributed by atoms with Gasteiger partial charge in [-0.2, -0.15) is 0 Å². The van der Waals surface area contributed by atoms with E-state index in [1.54, 1.807) is 0 Å². The van der Waals surface area contributed by atoms with Crippen molar-refractivity contribution in [3.63, 3.8) is 0 Å². The van der Waals surface area contributed by atoms with E-state index in [2.05, 4.69) is 24.5 Å². The third kappa shape index (κ3) is 9.72. The molecule has 2 N–H and O–H groups in total. The molecule has 0 unspecified atom stereocenters. The third-order valence-electron chi connectivity index (χ3n) is 2.49. The number of carbonyl (C=O) groups is 1. The SMILES string of the molecule is CC(C)CCN(CCNC(=O)NC(C)C)S(C)(=O)=O. The second kappa shape index (κ2) is 8.37. The zero-order valence-electron chi connectivity index (χ0n) is 12.6. The maximum atomic E-state index is 11.6. The van der Waals surface area contributed by atoms with Crippen LogP contribution in [0.3, 0.4) is 0 Å². The van der Waals surface area contributed by atoms with Gasteiger partial charge in [-0.3, -0.25) is 0 Å². The van der Waals surface area contributed by atoms with Gasteiger partial charge in [-0.15, -0.1) is 0 Å². The first-order chi connectivity index (χ1) is 8.62. The Morgan fingerprint density at radius 3 is 2.16 bits per heavy atom. The molecule has 0 fully saturated rings. The van der Waals surface area contributed by atoms with Gasteiger partial charge in [0.15, 0.2) is 0 Å². The Morgan fingerprint density at radius 1 is 1.16 bits per heavy atom. The molecule has 0 rings (SSSR count). The average Bonchev–Trinajstić information content (AvgIpc) is 2.19. The lowest BCUT2D eigenvalue weighted by Crippen LogP contribution is -2.44. The number of carbonyl (C=O) groups excluding carboxylic acids is 1. The Hall–Kier alpha value is -0.820. The monoisotopic (exact) mass is 293 g/mol. The third-order valence-corrected chi connectivity index (χ3v) is 3.79. The van der Waals surface area contributed by atoms with Crippen molar-refractivity contribution in [1.29, 1.82) is 0 Å². The van der Waals surface area contributed by atoms with E-state index in [1.165, 1.54) is 10.6 Å². The fourth-order valence-corrected chi connectivity index (χ4v) is 2.31. The summed E-state index contributed by atoms with van der Waals surface area (Å²) >= 11 is 0. The minimum absolute atomic E-state index is 0.0620. The first-order valence-corrected chi connectivity index (χ1v) is 8.47. The van der Waals surface area contributed by atoms with Crippen LogP contribution in [0, 0.1) is 5.92 Å². The van der Waals surface area contributed by atoms with Crippen molar-refractivity contribution >= 4 is 16.1 Å². The highest BCUT2D eigenvalue weighted by molar-refractivity contribution is 7.88. The molecule has 2 amide bonds. The van der Waals surface area contributed by atoms with Crippen molar-refractivity contribution < 1.29 is 13.2 Å². The fourth-order valence-electron chi connectivity index (χ4n) is 1.45. The Kier molecular flexibility index (Phi) is 8.01. The molecule has 0 bridgehead atoms. The van der Waals surface area contributed by atoms with Crippen molar-refractivity contribution in [2.45, 2.75) is 40.2 Å². The van der Waals surface area contributed by atoms with Gasteiger partial charge in [0.1, 0.15) is 0 Å². The summed E-state index contributed by atoms with van der Waals surface area (Å²) in [4.78, 5) is 11.4. The molecule has 0 aromatic carbocycles. The number of hydrogen-bond donors (Lipinski definition) is 2. The minimum Gasteiger partial charge on any atom is -0.337 e. The molecular formula is C12H27N3O3S. The van der Waals surface area contributed by atoms with Gasteiger partial charge in [0.05, 0.1) is 6.26 Å². The fraction of sp³-hybridized carbons (Fsp3) is 0.917. The van der Waals surface area contributed by atoms with Crippen LogP contribution in [0.25, 0.3) is 0 Å². The van der Waals surface area contributed by atoms with Crippen molar-refractivity contribution in [3.05, 3.63) is 0 Å². The first kappa shape index (κ1) is 18.2. The summed E-state index contributed by atoms with van der Waals surface area (Å²) in [5.74, 6) is 0.446. The van der Waals surface area contributed by atoms with Crippen molar-refractivity contribution in [3.8, 4) is 0 Å². The number of rotatable bonds is 8. The van der Waals surface area contributed by atoms with Crippen molar-refractivity contribution in [1.82, 2.24) is 14.9 Å². The van der Waals surface area contributed by atoms with Gasteiger partial charge in [0.2, 0.25) is 10.0 Å². The molecule has 0 aliphatic rings. The molecule has 0 aromatic rings. The average molecular weight is 293 g/mol. The van der Waals surface area contributed by atoms with Crippen LogP contribution in [0.4, 0.5) is 4.79 Å². The number of amides is 2. The Morgan fingerprint density at radius 2 is 1.74 bits per heavy atom. The van der Waals surface area contributed by atoms with E-state index in [0.717, 1.165) is 6.42 Å². The lowest BCUT2D eigenvalue weighted by atomic mass is 10.1. The number of hydrogen-bond acceptors (Lipinski definition) is 3. The standard InChI is InChI=1S/C12H27N3O3S/c1-10(2)6-8-15(19(5,17)18)9-7-13-12(16)14-11(3)4/h10-11H,6-9H2,1-5H3,(H2,13,14,16). The van der Waals surface area contributed by atoms with Gasteiger partial charge in [-0.05, 0) is 26.2 Å². The minimum atomic E-state index is -3.22. The van der Waals surface area contributed by atoms with E-state index < -0.39 is 10.0 Å². The molecule has 0 radical (unpaired) electrons. The summed E-state index contributed by atoms with van der Waals surface area (Å²) in [6.45, 7) is 8.93. The molecule has 114 valence electrons. The van der Waals surface area contributed by atoms with E-state index in [-0.39, 0.29) is 12.1 Å². The van der Waals surface area contributed by atoms with Gasteiger partial charge in [-0.1, -0.05) is 13.8 Å². The molecule has 0 aromatic heterocycles. The van der Waals surface area contributed by atoms with E-state index in [4.69, 9.17) is 0 Å². The zero-order chi connectivity index (χ0) is 15.1. The molecule has 0 heterocycles. The maximum Gasteiger partial charge on any atom is 0.315 e. The lowest BCUT2D eigenvalue weighted by molar-refractivity contribution is 0.237. The maximum absolute atomic E-state index is 11.6. The van der Waals surface area contributed by atoms with Crippen LogP contribution in [0.2, 0.25) is 0 Å². The summed E-state index contributed by atoms with van der Waals surface area (Å²) in [5.41, 5.74) is 0. The highest BCUT2D eigenvalue weighted by Gasteiger charge is 2.16. The molecule has 0 saturated carbocycles. The van der Waals surface area contributed by atoms with Crippen LogP contribution in [0.1, 0.15) is 34.1 Å². The molecule has 0 spiro atoms. The van der Waals surface area contributed by atoms with Crippen LogP contribution in [0.5, 0.6) is 0 Å². The summed E-state index contributed by atoms with van der Waals surface area (Å²) in [6.07, 6.45) is 2.01. The van der Waals surface area contributed by atoms with E-state index >= 15 is 0 Å². The number of sulfonamides is 1. The summed E-state index contributed by atoms with van der Waals surface area (Å²) in [6, 6.07) is -0.209. The highest BCUT2D eigenvalue weighted by atomic mass is 32.2. The summed E-state index contributed by atoms with van der Waals surface area (Å²) in [7, 11) is -3.22. The second-order valence-corrected chi connectivity index (χ2v) is 7.38. The molecule has 0 aliphatic heterocycles. The smallest absolute Gasteiger partial charge is 0.315 e. The second-order valence-electron chi connectivity index (χ2n) is 5.40. The van der Waals surface area contributed by atoms with E-state index in [9.17, 15) is 13.2 Å². The van der Waals surface area contributed by atoms with Gasteiger partial charge in [0, 0.05) is 25.7 Å². The van der Waals surface area contributed by atoms with Gasteiger partial charge >= 0.3 is 6.03 Å². The van der Waals surface area contributed by atoms with Crippen LogP contribution >= 0.6 is 0 Å². The van der Waals surface area contributed by atoms with Gasteiger partial charge in [-0.25, -0.2) is 17.5 Å². The Labute approximate surface area is 117 Å². The summed E-state index contributed by atoms with van der Waals surface area (Å²) < 4.78 is 24.6. The van der Waals surface area contributed by atoms with Crippen LogP contribution in [-0.4, -0.2) is 50.7 Å². The van der Waals surface area contributed by atoms with Crippen LogP contribution < -0.4 is 10.6 Å². The summed E-state index contributed by atoms with van der Waals surface area (Å²) in [5, 5.41) is 5.34. The number of nitrogens with one attached hydrogen (secondary N) is 2. The largest absolute Gasteiger partial charge is 0.337 e. The molecule has 7 heteroatoms. The molecule has 0 atom stereocenters. The topological polar surface area (TPSA) is 78.5 Å². The van der Waals surface area contributed by atoms with Gasteiger partial charge < -0.3 is 10.6 Å². The van der Waals surface area contributed by atoms with Crippen LogP contribution in [-0.2, 0) is 10.0 Å². The molecule has 0 aliphatic carbocycles. The highest BCUT2D eigenvalue weighted by Crippen LogP contribution is 2.05. The predicted molar refractivity (Wildman–Crippen MR) is 77.5 cm³/mol. The van der Waals surface area contributed by atoms with Crippen molar-refractivity contribution in [2.75, 3.05) is 25.9 Å². The quantitative estimate of drug-likeness (QED) is 0.701. The van der Waals surface area contributed by atoms with Crippen LogP contribution in [0.15, 0.2) is 0 Å². The Bertz CT molecular complexity index is 366. The Balaban J connectivity index is 4.17. The lowest BCUT2D eigenvalue weighted by Gasteiger charge is -2.21. The van der Waals surface area contributed by atoms with E-state index in [1.807, 2.05) is 13.8 Å². The normalized spacial score (nSPS) is 12.2. The van der Waals surface area contributed by atoms with Gasteiger partial charge in [0.25, 0.3) is 0 Å². The van der Waals surface area contributed by atoms with E-state index in [0.29, 0.717) is 25.6 Å². The molecule has 19 heavy (non-hydrogen) atoms. The number of nitrogens with zero attached hydrogens (tertiary/aromatic N) is 1.